The summed E-state index contributed by atoms with van der Waals surface area (Å²) >= 11 is 1.18. The lowest BCUT2D eigenvalue weighted by molar-refractivity contribution is -0.119. The Labute approximate surface area is 159 Å². The van der Waals surface area contributed by atoms with E-state index in [4.69, 9.17) is 4.42 Å². The van der Waals surface area contributed by atoms with Gasteiger partial charge in [-0.05, 0) is 31.2 Å². The Morgan fingerprint density at radius 2 is 2.19 bits per heavy atom. The molecule has 2 amide bonds. The van der Waals surface area contributed by atoms with Crippen LogP contribution in [0.25, 0.3) is 11.4 Å². The minimum absolute atomic E-state index is 0.387. The van der Waals surface area contributed by atoms with E-state index in [0.717, 1.165) is 5.56 Å². The zero-order chi connectivity index (χ0) is 19.2. The van der Waals surface area contributed by atoms with Crippen molar-refractivity contribution in [2.24, 2.45) is 0 Å². The number of nitrogens with one attached hydrogen (secondary N) is 1. The molecule has 140 valence electrons. The van der Waals surface area contributed by atoms with Crippen molar-refractivity contribution >= 4 is 23.8 Å². The monoisotopic (exact) mass is 387 g/mol. The van der Waals surface area contributed by atoms with Crippen LogP contribution >= 0.6 is 11.8 Å². The number of ether oxygens (including phenoxy) is 1. The standard InChI is InChI=1S/C17H17N5O4S/c1-11(15(23)19-17(24)25-2)27-16-21-20-14(12-5-3-7-18-9-12)22(16)10-13-6-4-8-26-13/h3-9,11H,10H2,1-2H3,(H,19,23,24)/t11-/m1/s1. The molecule has 0 unspecified atom stereocenters. The van der Waals surface area contributed by atoms with Crippen LogP contribution in [-0.2, 0) is 16.1 Å². The maximum Gasteiger partial charge on any atom is 0.413 e. The topological polar surface area (TPSA) is 112 Å². The molecule has 0 radical (unpaired) electrons. The van der Waals surface area contributed by atoms with Crippen LogP contribution in [0.1, 0.15) is 12.7 Å². The van der Waals surface area contributed by atoms with E-state index in [1.807, 2.05) is 16.7 Å². The second-order valence-electron chi connectivity index (χ2n) is 5.45. The number of carbonyl (C=O) groups excluding carboxylic acids is 2. The number of furan rings is 1. The van der Waals surface area contributed by atoms with Crippen LogP contribution in [0.3, 0.4) is 0 Å². The highest BCUT2D eigenvalue weighted by atomic mass is 32.2. The molecule has 0 spiro atoms. The van der Waals surface area contributed by atoms with Gasteiger partial charge in [-0.3, -0.25) is 19.7 Å². The quantitative estimate of drug-likeness (QED) is 0.642. The molecule has 9 nitrogen and oxygen atoms in total. The Hall–Kier alpha value is -3.14. The summed E-state index contributed by atoms with van der Waals surface area (Å²) in [6, 6.07) is 7.32. The number of amides is 2. The molecular weight excluding hydrogens is 370 g/mol. The van der Waals surface area contributed by atoms with Crippen LogP contribution < -0.4 is 5.32 Å². The lowest BCUT2D eigenvalue weighted by Gasteiger charge is -2.12. The molecule has 0 aliphatic heterocycles. The zero-order valence-corrected chi connectivity index (χ0v) is 15.5. The molecule has 27 heavy (non-hydrogen) atoms. The number of thioether (sulfide) groups is 1. The molecule has 0 saturated carbocycles. The summed E-state index contributed by atoms with van der Waals surface area (Å²) in [5.74, 6) is 0.832. The molecule has 0 aromatic carbocycles. The van der Waals surface area contributed by atoms with Gasteiger partial charge < -0.3 is 9.15 Å². The Morgan fingerprint density at radius 3 is 2.85 bits per heavy atom. The second-order valence-corrected chi connectivity index (χ2v) is 6.76. The van der Waals surface area contributed by atoms with Gasteiger partial charge in [-0.15, -0.1) is 10.2 Å². The number of rotatable bonds is 6. The van der Waals surface area contributed by atoms with Crippen molar-refractivity contribution < 1.29 is 18.7 Å². The number of methoxy groups -OCH3 is 1. The molecule has 0 aliphatic carbocycles. The number of hydrogen-bond acceptors (Lipinski definition) is 8. The van der Waals surface area contributed by atoms with Crippen molar-refractivity contribution in [1.82, 2.24) is 25.1 Å². The van der Waals surface area contributed by atoms with Gasteiger partial charge in [0.25, 0.3) is 0 Å². The lowest BCUT2D eigenvalue weighted by Crippen LogP contribution is -2.36. The lowest BCUT2D eigenvalue weighted by atomic mass is 10.2. The van der Waals surface area contributed by atoms with Crippen molar-refractivity contribution in [2.75, 3.05) is 7.11 Å². The highest BCUT2D eigenvalue weighted by Gasteiger charge is 2.23. The molecule has 3 heterocycles. The van der Waals surface area contributed by atoms with E-state index in [1.54, 1.807) is 37.7 Å². The van der Waals surface area contributed by atoms with Gasteiger partial charge in [-0.2, -0.15) is 0 Å². The Morgan fingerprint density at radius 1 is 1.33 bits per heavy atom. The Bertz CT molecular complexity index is 911. The molecule has 1 N–H and O–H groups in total. The van der Waals surface area contributed by atoms with Crippen LogP contribution in [0.2, 0.25) is 0 Å². The summed E-state index contributed by atoms with van der Waals surface area (Å²) in [6.07, 6.45) is 4.14. The van der Waals surface area contributed by atoms with Crippen LogP contribution in [0, 0.1) is 0 Å². The number of hydrogen-bond donors (Lipinski definition) is 1. The molecule has 3 rings (SSSR count). The van der Waals surface area contributed by atoms with Gasteiger partial charge in [-0.1, -0.05) is 11.8 Å². The highest BCUT2D eigenvalue weighted by Crippen LogP contribution is 2.27. The maximum atomic E-state index is 12.1. The summed E-state index contributed by atoms with van der Waals surface area (Å²) in [5.41, 5.74) is 0.787. The smallest absolute Gasteiger partial charge is 0.413 e. The predicted octanol–water partition coefficient (Wildman–Crippen LogP) is 2.34. The number of imide groups is 1. The fourth-order valence-corrected chi connectivity index (χ4v) is 3.10. The van der Waals surface area contributed by atoms with Gasteiger partial charge in [0.1, 0.15) is 5.76 Å². The van der Waals surface area contributed by atoms with Crippen LogP contribution in [-0.4, -0.2) is 44.1 Å². The van der Waals surface area contributed by atoms with Gasteiger partial charge in [-0.25, -0.2) is 4.79 Å². The third kappa shape index (κ3) is 4.53. The van der Waals surface area contributed by atoms with Crippen LogP contribution in [0.15, 0.2) is 52.5 Å². The summed E-state index contributed by atoms with van der Waals surface area (Å²) in [5, 5.41) is 10.5. The van der Waals surface area contributed by atoms with E-state index in [2.05, 4.69) is 25.2 Å². The van der Waals surface area contributed by atoms with Gasteiger partial charge in [0.2, 0.25) is 5.91 Å². The van der Waals surface area contributed by atoms with Crippen molar-refractivity contribution in [1.29, 1.82) is 0 Å². The number of nitrogens with zero attached hydrogens (tertiary/aromatic N) is 4. The van der Waals surface area contributed by atoms with Gasteiger partial charge in [0.15, 0.2) is 11.0 Å². The van der Waals surface area contributed by atoms with E-state index in [-0.39, 0.29) is 0 Å². The Balaban J connectivity index is 1.87. The molecule has 3 aromatic rings. The third-order valence-electron chi connectivity index (χ3n) is 3.59. The molecule has 1 atom stereocenters. The van der Waals surface area contributed by atoms with Crippen molar-refractivity contribution in [3.05, 3.63) is 48.7 Å². The minimum atomic E-state index is -0.805. The molecule has 0 saturated heterocycles. The SMILES string of the molecule is COC(=O)NC(=O)[C@@H](C)Sc1nnc(-c2cccnc2)n1Cc1ccco1. The average molecular weight is 387 g/mol. The first-order valence-electron chi connectivity index (χ1n) is 8.00. The van der Waals surface area contributed by atoms with Crippen LogP contribution in [0.4, 0.5) is 4.79 Å². The van der Waals surface area contributed by atoms with E-state index >= 15 is 0 Å². The number of alkyl carbamates (subject to hydrolysis) is 1. The summed E-state index contributed by atoms with van der Waals surface area (Å²) in [7, 11) is 1.20. The molecule has 0 fully saturated rings. The highest BCUT2D eigenvalue weighted by molar-refractivity contribution is 8.00. The number of aromatic nitrogens is 4. The van der Waals surface area contributed by atoms with Gasteiger partial charge in [0, 0.05) is 18.0 Å². The predicted molar refractivity (Wildman–Crippen MR) is 96.9 cm³/mol. The molecule has 0 bridgehead atoms. The summed E-state index contributed by atoms with van der Waals surface area (Å²) in [6.45, 7) is 2.05. The van der Waals surface area contributed by atoms with Crippen molar-refractivity contribution in [3.8, 4) is 11.4 Å². The van der Waals surface area contributed by atoms with Gasteiger partial charge in [0.05, 0.1) is 25.2 Å². The molecule has 3 aromatic heterocycles. The first kappa shape index (κ1) is 18.6. The summed E-state index contributed by atoms with van der Waals surface area (Å²) < 4.78 is 11.7. The maximum absolute atomic E-state index is 12.1. The second kappa shape index (κ2) is 8.49. The normalized spacial score (nSPS) is 11.8. The zero-order valence-electron chi connectivity index (χ0n) is 14.7. The van der Waals surface area contributed by atoms with E-state index in [1.165, 1.54) is 18.9 Å². The Kier molecular flexibility index (Phi) is 5.87. The molecule has 10 heteroatoms. The molecule has 0 aliphatic rings. The van der Waals surface area contributed by atoms with Crippen molar-refractivity contribution in [3.63, 3.8) is 0 Å². The first-order chi connectivity index (χ1) is 13.1. The van der Waals surface area contributed by atoms with Crippen LogP contribution in [0.5, 0.6) is 0 Å². The van der Waals surface area contributed by atoms with Crippen molar-refractivity contribution in [2.45, 2.75) is 23.9 Å². The fraction of sp³-hybridized carbons (Fsp3) is 0.235. The minimum Gasteiger partial charge on any atom is -0.467 e. The van der Waals surface area contributed by atoms with E-state index < -0.39 is 17.3 Å². The fourth-order valence-electron chi connectivity index (χ4n) is 2.25. The van der Waals surface area contributed by atoms with E-state index in [0.29, 0.717) is 23.3 Å². The summed E-state index contributed by atoms with van der Waals surface area (Å²) in [4.78, 5) is 27.4. The first-order valence-corrected chi connectivity index (χ1v) is 8.88. The molecular formula is C17H17N5O4S. The number of pyridine rings is 1. The number of carbonyl (C=O) groups is 2. The largest absolute Gasteiger partial charge is 0.467 e. The average Bonchev–Trinajstić information content (AvgIpc) is 3.33. The van der Waals surface area contributed by atoms with Gasteiger partial charge >= 0.3 is 6.09 Å². The van der Waals surface area contributed by atoms with E-state index in [9.17, 15) is 9.59 Å². The third-order valence-corrected chi connectivity index (χ3v) is 4.67.